The average molecular weight is 267 g/mol. The lowest BCUT2D eigenvalue weighted by Gasteiger charge is -2.26. The van der Waals surface area contributed by atoms with Crippen molar-refractivity contribution in [3.63, 3.8) is 0 Å². The largest absolute Gasteiger partial charge is 0.474 e. The van der Waals surface area contributed by atoms with Crippen LogP contribution < -0.4 is 9.47 Å². The molecule has 0 radical (unpaired) electrons. The maximum absolute atomic E-state index is 5.36. The van der Waals surface area contributed by atoms with Gasteiger partial charge in [0.15, 0.2) is 11.5 Å². The Morgan fingerprint density at radius 2 is 2.17 bits per heavy atom. The fraction of sp³-hybridized carbons (Fsp3) is 0.462. The molecule has 0 bridgehead atoms. The third-order valence-electron chi connectivity index (χ3n) is 3.09. The van der Waals surface area contributed by atoms with Gasteiger partial charge in [-0.2, -0.15) is 0 Å². The van der Waals surface area contributed by atoms with Crippen molar-refractivity contribution in [3.05, 3.63) is 23.8 Å². The van der Waals surface area contributed by atoms with Gasteiger partial charge >= 0.3 is 0 Å². The molecule has 98 valence electrons. The predicted molar refractivity (Wildman–Crippen MR) is 73.1 cm³/mol. The lowest BCUT2D eigenvalue weighted by Crippen LogP contribution is -2.36. The van der Waals surface area contributed by atoms with Gasteiger partial charge in [0.2, 0.25) is 6.79 Å². The van der Waals surface area contributed by atoms with Crippen LogP contribution in [0.1, 0.15) is 12.5 Å². The van der Waals surface area contributed by atoms with Crippen molar-refractivity contribution in [1.29, 1.82) is 0 Å². The molecule has 0 saturated carbocycles. The van der Waals surface area contributed by atoms with Gasteiger partial charge < -0.3 is 19.1 Å². The van der Waals surface area contributed by atoms with Gasteiger partial charge in [-0.05, 0) is 43.3 Å². The minimum Gasteiger partial charge on any atom is -0.474 e. The number of fused-ring (bicyclic) bond motifs is 1. The van der Waals surface area contributed by atoms with Crippen molar-refractivity contribution in [2.45, 2.75) is 19.4 Å². The Morgan fingerprint density at radius 1 is 1.44 bits per heavy atom. The van der Waals surface area contributed by atoms with Crippen molar-refractivity contribution in [2.75, 3.05) is 21.0 Å². The minimum atomic E-state index is 0.262. The molecule has 0 N–H and O–H groups in total. The van der Waals surface area contributed by atoms with E-state index in [1.165, 1.54) is 5.56 Å². The summed E-state index contributed by atoms with van der Waals surface area (Å²) < 4.78 is 15.7. The van der Waals surface area contributed by atoms with Gasteiger partial charge in [-0.3, -0.25) is 0 Å². The van der Waals surface area contributed by atoms with E-state index in [4.69, 9.17) is 26.4 Å². The van der Waals surface area contributed by atoms with Crippen molar-refractivity contribution in [2.24, 2.45) is 0 Å². The molecule has 1 atom stereocenters. The van der Waals surface area contributed by atoms with Crippen LogP contribution in [0.2, 0.25) is 0 Å². The molecule has 0 spiro atoms. The van der Waals surface area contributed by atoms with Crippen LogP contribution in [0.25, 0.3) is 0 Å². The van der Waals surface area contributed by atoms with E-state index in [1.807, 2.05) is 30.1 Å². The monoisotopic (exact) mass is 267 g/mol. The second kappa shape index (κ2) is 5.44. The summed E-state index contributed by atoms with van der Waals surface area (Å²) in [7, 11) is 3.52. The summed E-state index contributed by atoms with van der Waals surface area (Å²) in [5.41, 5.74) is 1.19. The van der Waals surface area contributed by atoms with Gasteiger partial charge in [0.1, 0.15) is 0 Å². The summed E-state index contributed by atoms with van der Waals surface area (Å²) in [6.45, 7) is 2.41. The van der Waals surface area contributed by atoms with Crippen LogP contribution in [0.5, 0.6) is 11.5 Å². The topological polar surface area (TPSA) is 30.9 Å². The first kappa shape index (κ1) is 13.0. The molecule has 5 heteroatoms. The molecule has 1 aliphatic heterocycles. The molecule has 0 amide bonds. The molecule has 0 saturated heterocycles. The highest BCUT2D eigenvalue weighted by molar-refractivity contribution is 7.80. The molecule has 1 heterocycles. The fourth-order valence-electron chi connectivity index (χ4n) is 1.87. The lowest BCUT2D eigenvalue weighted by atomic mass is 10.1. The SMILES string of the molecule is COC(=S)N(C)C(C)Cc1ccc2c(c1)OCO2. The van der Waals surface area contributed by atoms with Gasteiger partial charge in [-0.25, -0.2) is 0 Å². The third kappa shape index (κ3) is 2.67. The summed E-state index contributed by atoms with van der Waals surface area (Å²) >= 11 is 5.11. The predicted octanol–water partition coefficient (Wildman–Crippen LogP) is 2.21. The number of hydrogen-bond donors (Lipinski definition) is 0. The Kier molecular flexibility index (Phi) is 3.91. The molecular weight excluding hydrogens is 250 g/mol. The molecule has 4 nitrogen and oxygen atoms in total. The smallest absolute Gasteiger partial charge is 0.259 e. The second-order valence-corrected chi connectivity index (χ2v) is 4.67. The summed E-state index contributed by atoms with van der Waals surface area (Å²) in [6, 6.07) is 6.27. The van der Waals surface area contributed by atoms with Gasteiger partial charge in [0.05, 0.1) is 7.11 Å². The molecule has 1 aliphatic rings. The number of methoxy groups -OCH3 is 1. The zero-order chi connectivity index (χ0) is 13.1. The zero-order valence-corrected chi connectivity index (χ0v) is 11.6. The standard InChI is InChI=1S/C13H17NO3S/c1-9(14(2)13(18)15-3)6-10-4-5-11-12(7-10)17-8-16-11/h4-5,7,9H,6,8H2,1-3H3. The number of thiocarbonyl (C=S) groups is 1. The number of benzene rings is 1. The molecule has 1 aromatic rings. The van der Waals surface area contributed by atoms with Crippen LogP contribution >= 0.6 is 12.2 Å². The van der Waals surface area contributed by atoms with Crippen LogP contribution in [0.3, 0.4) is 0 Å². The van der Waals surface area contributed by atoms with E-state index >= 15 is 0 Å². The molecule has 0 fully saturated rings. The number of rotatable bonds is 3. The number of hydrogen-bond acceptors (Lipinski definition) is 4. The highest BCUT2D eigenvalue weighted by atomic mass is 32.1. The van der Waals surface area contributed by atoms with Crippen LogP contribution in [-0.2, 0) is 11.2 Å². The lowest BCUT2D eigenvalue weighted by molar-refractivity contribution is 0.174. The molecule has 2 rings (SSSR count). The normalized spacial score (nSPS) is 14.2. The molecule has 18 heavy (non-hydrogen) atoms. The molecule has 0 aliphatic carbocycles. The van der Waals surface area contributed by atoms with Crippen molar-refractivity contribution in [3.8, 4) is 11.5 Å². The Labute approximate surface area is 112 Å². The summed E-state index contributed by atoms with van der Waals surface area (Å²) in [5, 5.41) is 0.503. The van der Waals surface area contributed by atoms with E-state index in [-0.39, 0.29) is 6.04 Å². The van der Waals surface area contributed by atoms with Gasteiger partial charge in [-0.1, -0.05) is 6.07 Å². The van der Waals surface area contributed by atoms with Crippen molar-refractivity contribution in [1.82, 2.24) is 4.90 Å². The van der Waals surface area contributed by atoms with Crippen molar-refractivity contribution >= 4 is 17.4 Å². The molecular formula is C13H17NO3S. The minimum absolute atomic E-state index is 0.262. The highest BCUT2D eigenvalue weighted by Crippen LogP contribution is 2.32. The first-order valence-corrected chi connectivity index (χ1v) is 6.22. The Morgan fingerprint density at radius 3 is 2.89 bits per heavy atom. The Hall–Kier alpha value is -1.49. The number of nitrogens with zero attached hydrogens (tertiary/aromatic N) is 1. The maximum atomic E-state index is 5.36. The van der Waals surface area contributed by atoms with E-state index in [0.717, 1.165) is 17.9 Å². The zero-order valence-electron chi connectivity index (χ0n) is 10.8. The molecule has 1 unspecified atom stereocenters. The van der Waals surface area contributed by atoms with Gasteiger partial charge in [-0.15, -0.1) is 0 Å². The summed E-state index contributed by atoms with van der Waals surface area (Å²) in [5.74, 6) is 1.63. The summed E-state index contributed by atoms with van der Waals surface area (Å²) in [4.78, 5) is 1.94. The fourth-order valence-corrected chi connectivity index (χ4v) is 2.05. The number of ether oxygens (including phenoxy) is 3. The van der Waals surface area contributed by atoms with E-state index in [2.05, 4.69) is 6.92 Å². The molecule has 0 aromatic heterocycles. The van der Waals surface area contributed by atoms with E-state index < -0.39 is 0 Å². The summed E-state index contributed by atoms with van der Waals surface area (Å²) in [6.07, 6.45) is 0.872. The Bertz CT molecular complexity index is 450. The van der Waals surface area contributed by atoms with Crippen molar-refractivity contribution < 1.29 is 14.2 Å². The average Bonchev–Trinajstić information content (AvgIpc) is 2.84. The van der Waals surface area contributed by atoms with E-state index in [9.17, 15) is 0 Å². The van der Waals surface area contributed by atoms with E-state index in [0.29, 0.717) is 12.0 Å². The van der Waals surface area contributed by atoms with Gasteiger partial charge in [0, 0.05) is 13.1 Å². The van der Waals surface area contributed by atoms with Crippen LogP contribution in [-0.4, -0.2) is 37.1 Å². The van der Waals surface area contributed by atoms with Crippen LogP contribution in [0.15, 0.2) is 18.2 Å². The first-order chi connectivity index (χ1) is 8.61. The van der Waals surface area contributed by atoms with E-state index in [1.54, 1.807) is 7.11 Å². The van der Waals surface area contributed by atoms with Crippen LogP contribution in [0, 0.1) is 0 Å². The highest BCUT2D eigenvalue weighted by Gasteiger charge is 2.17. The number of likely N-dealkylation sites (N-methyl/N-ethyl adjacent to an activating group) is 1. The van der Waals surface area contributed by atoms with Crippen LogP contribution in [0.4, 0.5) is 0 Å². The van der Waals surface area contributed by atoms with Gasteiger partial charge in [0.25, 0.3) is 5.17 Å². The maximum Gasteiger partial charge on any atom is 0.259 e. The third-order valence-corrected chi connectivity index (χ3v) is 3.55. The first-order valence-electron chi connectivity index (χ1n) is 5.81. The quantitative estimate of drug-likeness (QED) is 0.784. The second-order valence-electron chi connectivity index (χ2n) is 4.32. The molecule has 1 aromatic carbocycles. The Balaban J connectivity index is 2.03.